The summed E-state index contributed by atoms with van der Waals surface area (Å²) in [4.78, 5) is 16.7. The van der Waals surface area contributed by atoms with Crippen molar-refractivity contribution in [1.29, 1.82) is 0 Å². The summed E-state index contributed by atoms with van der Waals surface area (Å²) in [7, 11) is 1.99. The van der Waals surface area contributed by atoms with Crippen LogP contribution in [0.15, 0.2) is 24.3 Å². The third-order valence-corrected chi connectivity index (χ3v) is 5.26. The molecule has 4 heteroatoms. The van der Waals surface area contributed by atoms with Gasteiger partial charge >= 0.3 is 0 Å². The zero-order valence-electron chi connectivity index (χ0n) is 12.6. The first-order valence-electron chi connectivity index (χ1n) is 7.92. The van der Waals surface area contributed by atoms with E-state index in [0.29, 0.717) is 17.9 Å². The van der Waals surface area contributed by atoms with E-state index in [1.165, 1.54) is 12.1 Å². The molecular weight excluding hydrogens is 284 g/mol. The second-order valence-corrected chi connectivity index (χ2v) is 6.71. The van der Waals surface area contributed by atoms with Crippen LogP contribution in [0.25, 0.3) is 0 Å². The third-order valence-electron chi connectivity index (χ3n) is 5.01. The monoisotopic (exact) mass is 306 g/mol. The van der Waals surface area contributed by atoms with E-state index in [9.17, 15) is 4.79 Å². The number of hydrogen-bond acceptors (Lipinski definition) is 2. The van der Waals surface area contributed by atoms with E-state index in [-0.39, 0.29) is 0 Å². The lowest BCUT2D eigenvalue weighted by molar-refractivity contribution is -0.139. The van der Waals surface area contributed by atoms with Gasteiger partial charge in [-0.15, -0.1) is 0 Å². The Morgan fingerprint density at radius 1 is 1.14 bits per heavy atom. The molecule has 1 amide bonds. The average Bonchev–Trinajstić information content (AvgIpc) is 2.46. The molecule has 0 aromatic heterocycles. The van der Waals surface area contributed by atoms with E-state index in [0.717, 1.165) is 43.8 Å². The van der Waals surface area contributed by atoms with Crippen molar-refractivity contribution in [3.05, 3.63) is 29.3 Å². The summed E-state index contributed by atoms with van der Waals surface area (Å²) < 4.78 is 0. The number of hydrogen-bond donors (Lipinski definition) is 0. The predicted molar refractivity (Wildman–Crippen MR) is 86.8 cm³/mol. The van der Waals surface area contributed by atoms with E-state index in [1.54, 1.807) is 0 Å². The quantitative estimate of drug-likeness (QED) is 0.852. The molecule has 1 saturated carbocycles. The highest BCUT2D eigenvalue weighted by Crippen LogP contribution is 2.30. The Labute approximate surface area is 131 Å². The van der Waals surface area contributed by atoms with Crippen LogP contribution in [0.1, 0.15) is 32.1 Å². The summed E-state index contributed by atoms with van der Waals surface area (Å²) in [6.07, 6.45) is 5.51. The van der Waals surface area contributed by atoms with Crippen molar-refractivity contribution in [3.63, 3.8) is 0 Å². The van der Waals surface area contributed by atoms with Crippen LogP contribution >= 0.6 is 11.6 Å². The number of benzene rings is 1. The highest BCUT2D eigenvalue weighted by atomic mass is 35.5. The summed E-state index contributed by atoms with van der Waals surface area (Å²) in [6, 6.07) is 8.43. The van der Waals surface area contributed by atoms with E-state index in [1.807, 2.05) is 24.1 Å². The number of anilines is 1. The minimum atomic E-state index is 0.310. The molecule has 0 bridgehead atoms. The third kappa shape index (κ3) is 3.18. The topological polar surface area (TPSA) is 23.6 Å². The standard InChI is InChI=1S/C17H23ClN2O/c1-19(17(21)13-3-2-4-13)15-9-11-20(12-10-15)16-7-5-14(18)6-8-16/h5-8,13,15H,2-4,9-12H2,1H3. The number of piperidine rings is 1. The Balaban J connectivity index is 1.54. The molecular formula is C17H23ClN2O. The number of rotatable bonds is 3. The molecule has 3 rings (SSSR count). The lowest BCUT2D eigenvalue weighted by atomic mass is 9.84. The Bertz CT molecular complexity index is 490. The van der Waals surface area contributed by atoms with Crippen LogP contribution in [0.5, 0.6) is 0 Å². The normalized spacial score (nSPS) is 20.2. The van der Waals surface area contributed by atoms with Gasteiger partial charge in [-0.25, -0.2) is 0 Å². The lowest BCUT2D eigenvalue weighted by Crippen LogP contribution is -2.48. The highest BCUT2D eigenvalue weighted by molar-refractivity contribution is 6.30. The van der Waals surface area contributed by atoms with Crippen LogP contribution in [0.4, 0.5) is 5.69 Å². The van der Waals surface area contributed by atoms with Gasteiger partial charge in [0.25, 0.3) is 0 Å². The van der Waals surface area contributed by atoms with Crippen molar-refractivity contribution >= 4 is 23.2 Å². The molecule has 0 atom stereocenters. The maximum atomic E-state index is 12.3. The highest BCUT2D eigenvalue weighted by Gasteiger charge is 2.32. The van der Waals surface area contributed by atoms with Gasteiger partial charge in [0, 0.05) is 42.8 Å². The number of carbonyl (C=O) groups excluding carboxylic acids is 1. The molecule has 1 aliphatic heterocycles. The van der Waals surface area contributed by atoms with Gasteiger partial charge in [-0.05, 0) is 49.9 Å². The lowest BCUT2D eigenvalue weighted by Gasteiger charge is -2.40. The molecule has 114 valence electrons. The first-order valence-corrected chi connectivity index (χ1v) is 8.30. The Morgan fingerprint density at radius 3 is 2.29 bits per heavy atom. The summed E-state index contributed by atoms with van der Waals surface area (Å²) in [5.74, 6) is 0.676. The van der Waals surface area contributed by atoms with Crippen LogP contribution in [-0.2, 0) is 4.79 Å². The molecule has 2 fully saturated rings. The molecule has 0 radical (unpaired) electrons. The summed E-state index contributed by atoms with van der Waals surface area (Å²) >= 11 is 5.94. The smallest absolute Gasteiger partial charge is 0.225 e. The fourth-order valence-electron chi connectivity index (χ4n) is 3.29. The zero-order chi connectivity index (χ0) is 14.8. The molecule has 1 aliphatic carbocycles. The first-order chi connectivity index (χ1) is 10.1. The Kier molecular flexibility index (Phi) is 4.39. The van der Waals surface area contributed by atoms with Gasteiger partial charge in [-0.3, -0.25) is 4.79 Å². The predicted octanol–water partition coefficient (Wildman–Crippen LogP) is 3.57. The molecule has 1 heterocycles. The fourth-order valence-corrected chi connectivity index (χ4v) is 3.41. The zero-order valence-corrected chi connectivity index (χ0v) is 13.4. The van der Waals surface area contributed by atoms with Crippen molar-refractivity contribution in [1.82, 2.24) is 4.90 Å². The number of halogens is 1. The van der Waals surface area contributed by atoms with E-state index in [2.05, 4.69) is 17.0 Å². The fraction of sp³-hybridized carbons (Fsp3) is 0.588. The van der Waals surface area contributed by atoms with Crippen LogP contribution in [0, 0.1) is 5.92 Å². The molecule has 2 aliphatic rings. The average molecular weight is 307 g/mol. The van der Waals surface area contributed by atoms with Crippen LogP contribution in [0.2, 0.25) is 5.02 Å². The van der Waals surface area contributed by atoms with Crippen molar-refractivity contribution in [2.45, 2.75) is 38.1 Å². The molecule has 1 saturated heterocycles. The molecule has 3 nitrogen and oxygen atoms in total. The van der Waals surface area contributed by atoms with Crippen molar-refractivity contribution < 1.29 is 4.79 Å². The van der Waals surface area contributed by atoms with Gasteiger partial charge in [0.1, 0.15) is 0 Å². The summed E-state index contributed by atoms with van der Waals surface area (Å²) in [5, 5.41) is 0.777. The Morgan fingerprint density at radius 2 is 1.76 bits per heavy atom. The molecule has 0 unspecified atom stereocenters. The van der Waals surface area contributed by atoms with Gasteiger partial charge in [0.15, 0.2) is 0 Å². The number of carbonyl (C=O) groups is 1. The molecule has 0 spiro atoms. The van der Waals surface area contributed by atoms with E-state index < -0.39 is 0 Å². The molecule has 1 aromatic carbocycles. The summed E-state index contributed by atoms with van der Waals surface area (Å²) in [5.41, 5.74) is 1.23. The van der Waals surface area contributed by atoms with Crippen LogP contribution in [0.3, 0.4) is 0 Å². The van der Waals surface area contributed by atoms with Gasteiger partial charge in [-0.1, -0.05) is 18.0 Å². The van der Waals surface area contributed by atoms with Gasteiger partial charge < -0.3 is 9.80 Å². The maximum Gasteiger partial charge on any atom is 0.225 e. The molecule has 1 aromatic rings. The summed E-state index contributed by atoms with van der Waals surface area (Å²) in [6.45, 7) is 2.02. The van der Waals surface area contributed by atoms with Crippen LogP contribution in [-0.4, -0.2) is 37.0 Å². The van der Waals surface area contributed by atoms with Gasteiger partial charge in [0.05, 0.1) is 0 Å². The van der Waals surface area contributed by atoms with Gasteiger partial charge in [-0.2, -0.15) is 0 Å². The second-order valence-electron chi connectivity index (χ2n) is 6.27. The van der Waals surface area contributed by atoms with Crippen molar-refractivity contribution in [2.75, 3.05) is 25.0 Å². The maximum absolute atomic E-state index is 12.3. The SMILES string of the molecule is CN(C(=O)C1CCC1)C1CCN(c2ccc(Cl)cc2)CC1. The largest absolute Gasteiger partial charge is 0.371 e. The van der Waals surface area contributed by atoms with Crippen molar-refractivity contribution in [2.24, 2.45) is 5.92 Å². The molecule has 21 heavy (non-hydrogen) atoms. The van der Waals surface area contributed by atoms with Gasteiger partial charge in [0.2, 0.25) is 5.91 Å². The van der Waals surface area contributed by atoms with Crippen LogP contribution < -0.4 is 4.90 Å². The van der Waals surface area contributed by atoms with Crippen molar-refractivity contribution in [3.8, 4) is 0 Å². The second kappa shape index (κ2) is 6.27. The van der Waals surface area contributed by atoms with E-state index >= 15 is 0 Å². The minimum Gasteiger partial charge on any atom is -0.371 e. The minimum absolute atomic E-state index is 0.310. The molecule has 0 N–H and O–H groups in total. The van der Waals surface area contributed by atoms with E-state index in [4.69, 9.17) is 11.6 Å². The first kappa shape index (κ1) is 14.7. The number of nitrogens with zero attached hydrogens (tertiary/aromatic N) is 2. The Hall–Kier alpha value is -1.22. The number of amides is 1.